The number of hydrogen-bond acceptors (Lipinski definition) is 5. The summed E-state index contributed by atoms with van der Waals surface area (Å²) in [5, 5.41) is 4.61. The first-order valence-corrected chi connectivity index (χ1v) is 9.88. The SMILES string of the molecule is CN=C(NCc1cnc(N(C)C)n1C)N(C)Cc1nc2c(s1)CCCC2.I. The maximum atomic E-state index is 4.84. The largest absolute Gasteiger partial charge is 0.351 e. The number of aromatic nitrogens is 3. The van der Waals surface area contributed by atoms with Crippen LogP contribution in [0.3, 0.4) is 0 Å². The van der Waals surface area contributed by atoms with Crippen molar-refractivity contribution in [1.29, 1.82) is 0 Å². The average Bonchev–Trinajstić information content (AvgIpc) is 3.18. The Hall–Kier alpha value is -1.36. The lowest BCUT2D eigenvalue weighted by molar-refractivity contribution is 0.473. The molecule has 0 fully saturated rings. The number of aliphatic imine (C=N–C) groups is 1. The summed E-state index contributed by atoms with van der Waals surface area (Å²) in [6.45, 7) is 1.47. The third-order valence-corrected chi connectivity index (χ3v) is 5.87. The highest BCUT2D eigenvalue weighted by Gasteiger charge is 2.17. The normalized spacial score (nSPS) is 13.7. The van der Waals surface area contributed by atoms with Gasteiger partial charge in [0.25, 0.3) is 0 Å². The molecule has 0 saturated heterocycles. The monoisotopic (exact) mass is 503 g/mol. The van der Waals surface area contributed by atoms with Crippen LogP contribution in [-0.2, 0) is 33.0 Å². The van der Waals surface area contributed by atoms with E-state index >= 15 is 0 Å². The molecule has 0 spiro atoms. The van der Waals surface area contributed by atoms with E-state index in [0.717, 1.165) is 30.6 Å². The van der Waals surface area contributed by atoms with E-state index in [9.17, 15) is 0 Å². The molecule has 9 heteroatoms. The summed E-state index contributed by atoms with van der Waals surface area (Å²) >= 11 is 1.86. The molecular formula is C18H30IN7S. The Kier molecular flexibility index (Phi) is 7.90. The minimum absolute atomic E-state index is 0. The Morgan fingerprint density at radius 3 is 2.67 bits per heavy atom. The summed E-state index contributed by atoms with van der Waals surface area (Å²) in [6, 6.07) is 0. The maximum absolute atomic E-state index is 4.84. The van der Waals surface area contributed by atoms with Gasteiger partial charge >= 0.3 is 0 Å². The van der Waals surface area contributed by atoms with Gasteiger partial charge in [-0.15, -0.1) is 35.3 Å². The van der Waals surface area contributed by atoms with Crippen molar-refractivity contribution in [2.24, 2.45) is 12.0 Å². The van der Waals surface area contributed by atoms with Gasteiger partial charge in [0.1, 0.15) is 5.01 Å². The zero-order valence-electron chi connectivity index (χ0n) is 16.8. The van der Waals surface area contributed by atoms with E-state index in [1.54, 1.807) is 0 Å². The third kappa shape index (κ3) is 5.13. The highest BCUT2D eigenvalue weighted by atomic mass is 127. The topological polar surface area (TPSA) is 61.6 Å². The Labute approximate surface area is 182 Å². The molecule has 3 rings (SSSR count). The highest BCUT2D eigenvalue weighted by Crippen LogP contribution is 2.27. The summed E-state index contributed by atoms with van der Waals surface area (Å²) in [4.78, 5) is 19.3. The zero-order valence-corrected chi connectivity index (χ0v) is 20.0. The molecule has 27 heavy (non-hydrogen) atoms. The van der Waals surface area contributed by atoms with Crippen molar-refractivity contribution in [3.05, 3.63) is 27.5 Å². The number of rotatable bonds is 5. The molecule has 0 atom stereocenters. The van der Waals surface area contributed by atoms with Crippen LogP contribution >= 0.6 is 35.3 Å². The molecule has 0 bridgehead atoms. The Morgan fingerprint density at radius 2 is 2.04 bits per heavy atom. The van der Waals surface area contributed by atoms with Gasteiger partial charge in [0.15, 0.2) is 5.96 Å². The number of hydrogen-bond donors (Lipinski definition) is 1. The number of imidazole rings is 1. The van der Waals surface area contributed by atoms with Gasteiger partial charge in [0.2, 0.25) is 5.95 Å². The smallest absolute Gasteiger partial charge is 0.204 e. The van der Waals surface area contributed by atoms with Crippen LogP contribution in [0.1, 0.15) is 34.1 Å². The van der Waals surface area contributed by atoms with E-state index < -0.39 is 0 Å². The predicted octanol–water partition coefficient (Wildman–Crippen LogP) is 2.65. The van der Waals surface area contributed by atoms with Gasteiger partial charge in [-0.3, -0.25) is 4.99 Å². The van der Waals surface area contributed by atoms with Crippen molar-refractivity contribution in [3.8, 4) is 0 Å². The molecule has 0 radical (unpaired) electrons. The van der Waals surface area contributed by atoms with Crippen molar-refractivity contribution in [1.82, 2.24) is 24.8 Å². The molecule has 150 valence electrons. The third-order valence-electron chi connectivity index (χ3n) is 4.72. The fraction of sp³-hybridized carbons (Fsp3) is 0.611. The highest BCUT2D eigenvalue weighted by molar-refractivity contribution is 14.0. The first-order valence-electron chi connectivity index (χ1n) is 9.06. The summed E-state index contributed by atoms with van der Waals surface area (Å²) in [5.74, 6) is 1.81. The van der Waals surface area contributed by atoms with Gasteiger partial charge in [-0.25, -0.2) is 9.97 Å². The number of aryl methyl sites for hydroxylation is 2. The average molecular weight is 503 g/mol. The second-order valence-electron chi connectivity index (χ2n) is 6.94. The van der Waals surface area contributed by atoms with Gasteiger partial charge in [-0.05, 0) is 25.7 Å². The van der Waals surface area contributed by atoms with Crippen LogP contribution in [0, 0.1) is 0 Å². The second kappa shape index (κ2) is 9.72. The number of fused-ring (bicyclic) bond motifs is 1. The summed E-state index contributed by atoms with van der Waals surface area (Å²) in [7, 11) is 9.91. The number of anilines is 1. The standard InChI is InChI=1S/C18H29N7S.HI/c1-19-17(20-10-13-11-21-18(23(2)3)25(13)5)24(4)12-16-22-14-8-6-7-9-15(14)26-16;/h11H,6-10,12H2,1-5H3,(H,19,20);1H. The Morgan fingerprint density at radius 1 is 1.30 bits per heavy atom. The quantitative estimate of drug-likeness (QED) is 0.386. The molecule has 0 aliphatic heterocycles. The van der Waals surface area contributed by atoms with Crippen molar-refractivity contribution in [2.75, 3.05) is 33.1 Å². The first-order chi connectivity index (χ1) is 12.5. The molecule has 0 aromatic carbocycles. The molecule has 0 amide bonds. The van der Waals surface area contributed by atoms with Crippen LogP contribution in [0.15, 0.2) is 11.2 Å². The zero-order chi connectivity index (χ0) is 18.7. The fourth-order valence-corrected chi connectivity index (χ4v) is 4.53. The van der Waals surface area contributed by atoms with E-state index in [1.807, 2.05) is 50.6 Å². The van der Waals surface area contributed by atoms with Crippen molar-refractivity contribution in [3.63, 3.8) is 0 Å². The molecular weight excluding hydrogens is 473 g/mol. The van der Waals surface area contributed by atoms with Crippen LogP contribution < -0.4 is 10.2 Å². The molecule has 0 unspecified atom stereocenters. The fourth-order valence-electron chi connectivity index (χ4n) is 3.32. The van der Waals surface area contributed by atoms with E-state index in [1.165, 1.54) is 34.8 Å². The minimum atomic E-state index is 0. The van der Waals surface area contributed by atoms with Crippen molar-refractivity contribution < 1.29 is 0 Å². The molecule has 7 nitrogen and oxygen atoms in total. The molecule has 2 aromatic heterocycles. The lowest BCUT2D eigenvalue weighted by Crippen LogP contribution is -2.38. The van der Waals surface area contributed by atoms with Crippen LogP contribution in [-0.4, -0.2) is 53.6 Å². The molecule has 0 saturated carbocycles. The van der Waals surface area contributed by atoms with Crippen LogP contribution in [0.25, 0.3) is 0 Å². The van der Waals surface area contributed by atoms with Gasteiger partial charge < -0.3 is 19.7 Å². The number of nitrogens with zero attached hydrogens (tertiary/aromatic N) is 6. The van der Waals surface area contributed by atoms with E-state index in [4.69, 9.17) is 4.98 Å². The Balaban J connectivity index is 0.00000261. The van der Waals surface area contributed by atoms with Gasteiger partial charge in [0.05, 0.1) is 30.7 Å². The number of halogens is 1. The van der Waals surface area contributed by atoms with Crippen LogP contribution in [0.5, 0.6) is 0 Å². The first kappa shape index (κ1) is 21.9. The van der Waals surface area contributed by atoms with Gasteiger partial charge in [0, 0.05) is 40.1 Å². The Bertz CT molecular complexity index is 757. The maximum Gasteiger partial charge on any atom is 0.204 e. The van der Waals surface area contributed by atoms with Crippen LogP contribution in [0.2, 0.25) is 0 Å². The van der Waals surface area contributed by atoms with E-state index in [0.29, 0.717) is 6.54 Å². The molecule has 1 N–H and O–H groups in total. The van der Waals surface area contributed by atoms with Crippen molar-refractivity contribution >= 4 is 47.2 Å². The summed E-state index contributed by atoms with van der Waals surface area (Å²) in [6.07, 6.45) is 6.81. The minimum Gasteiger partial charge on any atom is -0.351 e. The lowest BCUT2D eigenvalue weighted by Gasteiger charge is -2.21. The molecule has 1 aliphatic carbocycles. The van der Waals surface area contributed by atoms with E-state index in [-0.39, 0.29) is 24.0 Å². The molecule has 2 aromatic rings. The number of guanidine groups is 1. The van der Waals surface area contributed by atoms with Crippen LogP contribution in [0.4, 0.5) is 5.95 Å². The second-order valence-corrected chi connectivity index (χ2v) is 8.11. The molecule has 2 heterocycles. The van der Waals surface area contributed by atoms with E-state index in [2.05, 4.69) is 31.8 Å². The predicted molar refractivity (Wildman–Crippen MR) is 123 cm³/mol. The van der Waals surface area contributed by atoms with Crippen molar-refractivity contribution in [2.45, 2.75) is 38.8 Å². The van der Waals surface area contributed by atoms with Gasteiger partial charge in [-0.2, -0.15) is 0 Å². The summed E-state index contributed by atoms with van der Waals surface area (Å²) in [5.41, 5.74) is 2.44. The summed E-state index contributed by atoms with van der Waals surface area (Å²) < 4.78 is 2.09. The lowest BCUT2D eigenvalue weighted by atomic mass is 10.0. The molecule has 1 aliphatic rings. The number of nitrogens with one attached hydrogen (secondary N) is 1. The number of thiazole rings is 1. The van der Waals surface area contributed by atoms with Gasteiger partial charge in [-0.1, -0.05) is 0 Å².